The van der Waals surface area contributed by atoms with E-state index in [2.05, 4.69) is 39.0 Å². The van der Waals surface area contributed by atoms with E-state index >= 15 is 0 Å². The van der Waals surface area contributed by atoms with E-state index < -0.39 is 0 Å². The number of hydrogen-bond donors (Lipinski definition) is 1. The first-order chi connectivity index (χ1) is 9.06. The molecule has 0 aliphatic carbocycles. The SMILES string of the molecule is CCCCc1cc(OCC(C)C)cc(C(C)CO)c1. The van der Waals surface area contributed by atoms with Crippen molar-refractivity contribution in [1.82, 2.24) is 0 Å². The van der Waals surface area contributed by atoms with Gasteiger partial charge < -0.3 is 9.84 Å². The van der Waals surface area contributed by atoms with Gasteiger partial charge in [-0.3, -0.25) is 0 Å². The van der Waals surface area contributed by atoms with E-state index in [9.17, 15) is 5.11 Å². The minimum atomic E-state index is 0.169. The molecule has 0 fully saturated rings. The van der Waals surface area contributed by atoms with Crippen LogP contribution in [0.4, 0.5) is 0 Å². The molecular weight excluding hydrogens is 236 g/mol. The first kappa shape index (κ1) is 16.0. The molecule has 0 heterocycles. The average molecular weight is 264 g/mol. The molecule has 1 N–H and O–H groups in total. The maximum Gasteiger partial charge on any atom is 0.119 e. The summed E-state index contributed by atoms with van der Waals surface area (Å²) in [6.45, 7) is 9.48. The van der Waals surface area contributed by atoms with E-state index in [4.69, 9.17) is 4.74 Å². The molecule has 0 aliphatic rings. The summed E-state index contributed by atoms with van der Waals surface area (Å²) in [5.74, 6) is 1.64. The van der Waals surface area contributed by atoms with Crippen LogP contribution in [0.1, 0.15) is 57.6 Å². The molecule has 1 rings (SSSR count). The number of aryl methyl sites for hydroxylation is 1. The standard InChI is InChI=1S/C17H28O2/c1-5-6-7-15-8-16(14(4)11-18)10-17(9-15)19-12-13(2)3/h8-10,13-14,18H,5-7,11-12H2,1-4H3. The molecule has 0 bridgehead atoms. The van der Waals surface area contributed by atoms with Crippen LogP contribution in [-0.2, 0) is 6.42 Å². The maximum absolute atomic E-state index is 9.32. The van der Waals surface area contributed by atoms with E-state index in [1.54, 1.807) is 0 Å². The summed E-state index contributed by atoms with van der Waals surface area (Å²) in [4.78, 5) is 0. The van der Waals surface area contributed by atoms with Crippen LogP contribution in [-0.4, -0.2) is 18.3 Å². The van der Waals surface area contributed by atoms with Gasteiger partial charge in [-0.1, -0.05) is 40.2 Å². The Hall–Kier alpha value is -1.02. The van der Waals surface area contributed by atoms with Gasteiger partial charge in [0.25, 0.3) is 0 Å². The van der Waals surface area contributed by atoms with Crippen molar-refractivity contribution in [1.29, 1.82) is 0 Å². The normalized spacial score (nSPS) is 12.7. The zero-order chi connectivity index (χ0) is 14.3. The molecule has 19 heavy (non-hydrogen) atoms. The number of unbranched alkanes of at least 4 members (excludes halogenated alkanes) is 1. The van der Waals surface area contributed by atoms with Crippen LogP contribution in [0.3, 0.4) is 0 Å². The molecule has 2 nitrogen and oxygen atoms in total. The third-order valence-corrected chi connectivity index (χ3v) is 3.23. The third-order valence-electron chi connectivity index (χ3n) is 3.23. The highest BCUT2D eigenvalue weighted by Gasteiger charge is 2.08. The van der Waals surface area contributed by atoms with Crippen LogP contribution in [0.15, 0.2) is 18.2 Å². The Balaban J connectivity index is 2.88. The van der Waals surface area contributed by atoms with Gasteiger partial charge >= 0.3 is 0 Å². The Labute approximate surface area is 117 Å². The minimum absolute atomic E-state index is 0.169. The van der Waals surface area contributed by atoms with Gasteiger partial charge in [0.1, 0.15) is 5.75 Å². The third kappa shape index (κ3) is 5.65. The molecule has 0 aromatic heterocycles. The van der Waals surface area contributed by atoms with Gasteiger partial charge in [0.05, 0.1) is 6.61 Å². The average Bonchev–Trinajstić information content (AvgIpc) is 2.41. The van der Waals surface area contributed by atoms with Gasteiger partial charge in [-0.15, -0.1) is 0 Å². The van der Waals surface area contributed by atoms with E-state index in [0.29, 0.717) is 5.92 Å². The van der Waals surface area contributed by atoms with E-state index in [0.717, 1.165) is 18.8 Å². The lowest BCUT2D eigenvalue weighted by Gasteiger charge is -2.15. The van der Waals surface area contributed by atoms with Crippen molar-refractivity contribution in [3.05, 3.63) is 29.3 Å². The molecule has 0 saturated carbocycles. The second-order valence-corrected chi connectivity index (χ2v) is 5.80. The van der Waals surface area contributed by atoms with Crippen LogP contribution in [0, 0.1) is 5.92 Å². The van der Waals surface area contributed by atoms with Crippen molar-refractivity contribution in [2.75, 3.05) is 13.2 Å². The number of rotatable bonds is 8. The zero-order valence-electron chi connectivity index (χ0n) is 12.8. The van der Waals surface area contributed by atoms with Crippen molar-refractivity contribution in [2.24, 2.45) is 5.92 Å². The van der Waals surface area contributed by atoms with Crippen molar-refractivity contribution >= 4 is 0 Å². The largest absolute Gasteiger partial charge is 0.493 e. The lowest BCUT2D eigenvalue weighted by Crippen LogP contribution is -2.06. The predicted octanol–water partition coefficient (Wildman–Crippen LogP) is 4.16. The lowest BCUT2D eigenvalue weighted by molar-refractivity contribution is 0.265. The summed E-state index contributed by atoms with van der Waals surface area (Å²) in [6, 6.07) is 6.42. The Bertz CT molecular complexity index is 372. The molecule has 1 aromatic rings. The van der Waals surface area contributed by atoms with Crippen molar-refractivity contribution in [2.45, 2.75) is 52.9 Å². The Morgan fingerprint density at radius 1 is 1.16 bits per heavy atom. The van der Waals surface area contributed by atoms with Gasteiger partial charge in [-0.25, -0.2) is 0 Å². The van der Waals surface area contributed by atoms with Crippen LogP contribution in [0.25, 0.3) is 0 Å². The van der Waals surface area contributed by atoms with Gasteiger partial charge in [0.15, 0.2) is 0 Å². The van der Waals surface area contributed by atoms with Crippen LogP contribution >= 0.6 is 0 Å². The van der Waals surface area contributed by atoms with Crippen molar-refractivity contribution < 1.29 is 9.84 Å². The predicted molar refractivity (Wildman–Crippen MR) is 80.9 cm³/mol. The highest BCUT2D eigenvalue weighted by atomic mass is 16.5. The summed E-state index contributed by atoms with van der Waals surface area (Å²) in [5.41, 5.74) is 2.49. The topological polar surface area (TPSA) is 29.5 Å². The molecule has 2 heteroatoms. The monoisotopic (exact) mass is 264 g/mol. The fourth-order valence-electron chi connectivity index (χ4n) is 1.95. The number of benzene rings is 1. The molecule has 0 saturated heterocycles. The molecule has 0 aliphatic heterocycles. The Morgan fingerprint density at radius 3 is 2.47 bits per heavy atom. The van der Waals surface area contributed by atoms with Crippen LogP contribution < -0.4 is 4.74 Å². The van der Waals surface area contributed by atoms with Crippen molar-refractivity contribution in [3.8, 4) is 5.75 Å². The molecule has 0 radical (unpaired) electrons. The van der Waals surface area contributed by atoms with E-state index in [1.165, 1.54) is 24.0 Å². The number of aliphatic hydroxyl groups is 1. The number of ether oxygens (including phenoxy) is 1. The molecule has 0 amide bonds. The fraction of sp³-hybridized carbons (Fsp3) is 0.647. The highest BCUT2D eigenvalue weighted by Crippen LogP contribution is 2.24. The number of aliphatic hydroxyl groups excluding tert-OH is 1. The molecule has 108 valence electrons. The first-order valence-corrected chi connectivity index (χ1v) is 7.44. The quantitative estimate of drug-likeness (QED) is 0.764. The first-order valence-electron chi connectivity index (χ1n) is 7.44. The van der Waals surface area contributed by atoms with Crippen molar-refractivity contribution in [3.63, 3.8) is 0 Å². The summed E-state index contributed by atoms with van der Waals surface area (Å²) in [7, 11) is 0. The Kier molecular flexibility index (Phi) is 6.93. The summed E-state index contributed by atoms with van der Waals surface area (Å²) in [5, 5.41) is 9.32. The van der Waals surface area contributed by atoms with Gasteiger partial charge in [-0.2, -0.15) is 0 Å². The maximum atomic E-state index is 9.32. The van der Waals surface area contributed by atoms with Crippen LogP contribution in [0.2, 0.25) is 0 Å². The summed E-state index contributed by atoms with van der Waals surface area (Å²) in [6.07, 6.45) is 3.48. The lowest BCUT2D eigenvalue weighted by atomic mass is 9.97. The molecular formula is C17H28O2. The molecule has 1 unspecified atom stereocenters. The molecule has 0 spiro atoms. The molecule has 1 aromatic carbocycles. The zero-order valence-corrected chi connectivity index (χ0v) is 12.8. The summed E-state index contributed by atoms with van der Waals surface area (Å²) >= 11 is 0. The highest BCUT2D eigenvalue weighted by molar-refractivity contribution is 5.36. The van der Waals surface area contributed by atoms with Gasteiger partial charge in [0.2, 0.25) is 0 Å². The Morgan fingerprint density at radius 2 is 1.89 bits per heavy atom. The number of hydrogen-bond acceptors (Lipinski definition) is 2. The van der Waals surface area contributed by atoms with Crippen LogP contribution in [0.5, 0.6) is 5.75 Å². The van der Waals surface area contributed by atoms with Gasteiger partial charge in [-0.05, 0) is 42.0 Å². The van der Waals surface area contributed by atoms with E-state index in [-0.39, 0.29) is 12.5 Å². The smallest absolute Gasteiger partial charge is 0.119 e. The van der Waals surface area contributed by atoms with E-state index in [1.807, 2.05) is 6.92 Å². The van der Waals surface area contributed by atoms with Gasteiger partial charge in [0, 0.05) is 12.5 Å². The minimum Gasteiger partial charge on any atom is -0.493 e. The fourth-order valence-corrected chi connectivity index (χ4v) is 1.95. The second-order valence-electron chi connectivity index (χ2n) is 5.80. The second kappa shape index (κ2) is 8.21. The summed E-state index contributed by atoms with van der Waals surface area (Å²) < 4.78 is 5.84. The molecule has 1 atom stereocenters.